The van der Waals surface area contributed by atoms with Gasteiger partial charge in [0, 0.05) is 54.8 Å². The van der Waals surface area contributed by atoms with Crippen LogP contribution in [0.5, 0.6) is 0 Å². The molecule has 0 atom stereocenters. The lowest BCUT2D eigenvalue weighted by Gasteiger charge is -2.37. The highest BCUT2D eigenvalue weighted by molar-refractivity contribution is 7.90. The van der Waals surface area contributed by atoms with Crippen LogP contribution in [0.4, 0.5) is 11.5 Å². The standard InChI is InChI=1S/C23H24N6O2S/c1-16-21(14-26-27-16)17-6-7-22-20(12-17)23(25-15-24-22)29-10-8-28(9-11-29)18-4-3-5-19(13-18)32(2,30)31/h3-7,12-15H,8-11H2,1-2H3,(H,26,27). The van der Waals surface area contributed by atoms with Crippen molar-refractivity contribution in [3.63, 3.8) is 0 Å². The Morgan fingerprint density at radius 2 is 1.75 bits per heavy atom. The molecule has 0 amide bonds. The van der Waals surface area contributed by atoms with E-state index in [0.717, 1.165) is 65.4 Å². The lowest BCUT2D eigenvalue weighted by Crippen LogP contribution is -2.47. The molecule has 0 saturated carbocycles. The van der Waals surface area contributed by atoms with E-state index >= 15 is 0 Å². The summed E-state index contributed by atoms with van der Waals surface area (Å²) < 4.78 is 23.8. The van der Waals surface area contributed by atoms with Crippen molar-refractivity contribution in [3.05, 3.63) is 60.7 Å². The number of aromatic nitrogens is 4. The Labute approximate surface area is 186 Å². The molecule has 0 aliphatic carbocycles. The molecule has 2 aromatic carbocycles. The normalized spacial score (nSPS) is 14.8. The quantitative estimate of drug-likeness (QED) is 0.513. The maximum atomic E-state index is 11.9. The molecule has 0 bridgehead atoms. The van der Waals surface area contributed by atoms with E-state index in [-0.39, 0.29) is 0 Å². The van der Waals surface area contributed by atoms with E-state index < -0.39 is 9.84 Å². The number of H-pyrrole nitrogens is 1. The van der Waals surface area contributed by atoms with Crippen molar-refractivity contribution in [2.45, 2.75) is 11.8 Å². The molecule has 9 heteroatoms. The summed E-state index contributed by atoms with van der Waals surface area (Å²) in [5, 5.41) is 8.14. The fraction of sp³-hybridized carbons (Fsp3) is 0.261. The number of rotatable bonds is 4. The smallest absolute Gasteiger partial charge is 0.175 e. The number of aromatic amines is 1. The number of anilines is 2. The van der Waals surface area contributed by atoms with Gasteiger partial charge in [0.15, 0.2) is 9.84 Å². The van der Waals surface area contributed by atoms with E-state index in [1.807, 2.05) is 25.3 Å². The number of aryl methyl sites for hydroxylation is 1. The molecule has 0 spiro atoms. The minimum atomic E-state index is -3.23. The van der Waals surface area contributed by atoms with Crippen molar-refractivity contribution in [3.8, 4) is 11.1 Å². The molecule has 1 aliphatic heterocycles. The first-order valence-electron chi connectivity index (χ1n) is 10.5. The zero-order chi connectivity index (χ0) is 22.3. The minimum Gasteiger partial charge on any atom is -0.368 e. The predicted octanol–water partition coefficient (Wildman–Crippen LogP) is 3.06. The predicted molar refractivity (Wildman–Crippen MR) is 126 cm³/mol. The second kappa shape index (κ2) is 7.90. The minimum absolute atomic E-state index is 0.348. The van der Waals surface area contributed by atoms with Crippen molar-refractivity contribution >= 4 is 32.2 Å². The highest BCUT2D eigenvalue weighted by Gasteiger charge is 2.21. The van der Waals surface area contributed by atoms with Crippen LogP contribution in [0.25, 0.3) is 22.0 Å². The van der Waals surface area contributed by atoms with E-state index in [9.17, 15) is 8.42 Å². The summed E-state index contributed by atoms with van der Waals surface area (Å²) in [6.45, 7) is 5.12. The van der Waals surface area contributed by atoms with Gasteiger partial charge >= 0.3 is 0 Å². The maximum Gasteiger partial charge on any atom is 0.175 e. The maximum absolute atomic E-state index is 11.9. The summed E-state index contributed by atoms with van der Waals surface area (Å²) in [4.78, 5) is 13.9. The van der Waals surface area contributed by atoms with Crippen molar-refractivity contribution < 1.29 is 8.42 Å². The zero-order valence-corrected chi connectivity index (χ0v) is 18.8. The summed E-state index contributed by atoms with van der Waals surface area (Å²) >= 11 is 0. The Hall–Kier alpha value is -3.46. The Kier molecular flexibility index (Phi) is 5.05. The first-order valence-corrected chi connectivity index (χ1v) is 12.3. The van der Waals surface area contributed by atoms with Crippen LogP contribution in [-0.4, -0.2) is 61.0 Å². The van der Waals surface area contributed by atoms with Gasteiger partial charge in [-0.25, -0.2) is 18.4 Å². The monoisotopic (exact) mass is 448 g/mol. The van der Waals surface area contributed by atoms with Gasteiger partial charge in [-0.05, 0) is 42.8 Å². The largest absolute Gasteiger partial charge is 0.368 e. The van der Waals surface area contributed by atoms with Gasteiger partial charge in [-0.15, -0.1) is 0 Å². The van der Waals surface area contributed by atoms with Gasteiger partial charge in [0.2, 0.25) is 0 Å². The number of benzene rings is 2. The number of nitrogens with one attached hydrogen (secondary N) is 1. The van der Waals surface area contributed by atoms with Crippen molar-refractivity contribution in [1.82, 2.24) is 20.2 Å². The number of hydrogen-bond donors (Lipinski definition) is 1. The molecule has 8 nitrogen and oxygen atoms in total. The first-order chi connectivity index (χ1) is 15.4. The Bertz CT molecular complexity index is 1390. The highest BCUT2D eigenvalue weighted by atomic mass is 32.2. The van der Waals surface area contributed by atoms with E-state index in [1.165, 1.54) is 6.26 Å². The second-order valence-corrected chi connectivity index (χ2v) is 10.1. The molecule has 164 valence electrons. The molecule has 32 heavy (non-hydrogen) atoms. The van der Waals surface area contributed by atoms with Gasteiger partial charge in [-0.1, -0.05) is 12.1 Å². The lowest BCUT2D eigenvalue weighted by molar-refractivity contribution is 0.601. The van der Waals surface area contributed by atoms with Crippen LogP contribution in [-0.2, 0) is 9.84 Å². The van der Waals surface area contributed by atoms with E-state index in [0.29, 0.717) is 4.90 Å². The highest BCUT2D eigenvalue weighted by Crippen LogP contribution is 2.30. The molecule has 1 N–H and O–H groups in total. The topological polar surface area (TPSA) is 95.1 Å². The Morgan fingerprint density at radius 1 is 0.969 bits per heavy atom. The van der Waals surface area contributed by atoms with Crippen LogP contribution in [0.1, 0.15) is 5.69 Å². The van der Waals surface area contributed by atoms with E-state index in [2.05, 4.69) is 42.1 Å². The van der Waals surface area contributed by atoms with Crippen LogP contribution < -0.4 is 9.80 Å². The third kappa shape index (κ3) is 3.80. The fourth-order valence-electron chi connectivity index (χ4n) is 4.19. The van der Waals surface area contributed by atoms with Gasteiger partial charge in [-0.3, -0.25) is 5.10 Å². The first kappa shape index (κ1) is 20.4. The summed E-state index contributed by atoms with van der Waals surface area (Å²) in [6, 6.07) is 13.4. The molecular formula is C23H24N6O2S. The molecule has 0 unspecified atom stereocenters. The molecule has 1 saturated heterocycles. The van der Waals surface area contributed by atoms with Crippen LogP contribution in [0.15, 0.2) is 59.9 Å². The molecule has 3 heterocycles. The third-order valence-electron chi connectivity index (χ3n) is 5.95. The summed E-state index contributed by atoms with van der Waals surface area (Å²) in [5.74, 6) is 0.919. The fourth-order valence-corrected chi connectivity index (χ4v) is 4.85. The number of hydrogen-bond acceptors (Lipinski definition) is 7. The molecule has 4 aromatic rings. The van der Waals surface area contributed by atoms with Gasteiger partial charge in [0.1, 0.15) is 12.1 Å². The van der Waals surface area contributed by atoms with Crippen LogP contribution in [0.3, 0.4) is 0 Å². The molecular weight excluding hydrogens is 424 g/mol. The Balaban J connectivity index is 1.41. The third-order valence-corrected chi connectivity index (χ3v) is 7.06. The molecule has 0 radical (unpaired) electrons. The number of sulfone groups is 1. The molecule has 1 aliphatic rings. The van der Waals surface area contributed by atoms with Crippen LogP contribution in [0, 0.1) is 6.92 Å². The van der Waals surface area contributed by atoms with Crippen molar-refractivity contribution in [2.24, 2.45) is 0 Å². The second-order valence-electron chi connectivity index (χ2n) is 8.08. The number of nitrogens with zero attached hydrogens (tertiary/aromatic N) is 5. The molecule has 2 aromatic heterocycles. The average molecular weight is 449 g/mol. The summed E-state index contributed by atoms with van der Waals surface area (Å²) in [6.07, 6.45) is 4.69. The van der Waals surface area contributed by atoms with Crippen LogP contribution in [0.2, 0.25) is 0 Å². The van der Waals surface area contributed by atoms with Gasteiger partial charge in [0.25, 0.3) is 0 Å². The average Bonchev–Trinajstić information content (AvgIpc) is 3.24. The van der Waals surface area contributed by atoms with Gasteiger partial charge < -0.3 is 9.80 Å². The van der Waals surface area contributed by atoms with E-state index in [1.54, 1.807) is 24.5 Å². The van der Waals surface area contributed by atoms with Crippen molar-refractivity contribution in [1.29, 1.82) is 0 Å². The SMILES string of the molecule is Cc1[nH]ncc1-c1ccc2ncnc(N3CCN(c4cccc(S(C)(=O)=O)c4)CC3)c2c1. The summed E-state index contributed by atoms with van der Waals surface area (Å²) in [7, 11) is -3.23. The summed E-state index contributed by atoms with van der Waals surface area (Å²) in [5.41, 5.74) is 5.00. The van der Waals surface area contributed by atoms with Crippen molar-refractivity contribution in [2.75, 3.05) is 42.2 Å². The zero-order valence-electron chi connectivity index (χ0n) is 18.0. The lowest BCUT2D eigenvalue weighted by atomic mass is 10.0. The van der Waals surface area contributed by atoms with Crippen LogP contribution >= 0.6 is 0 Å². The van der Waals surface area contributed by atoms with Gasteiger partial charge in [-0.2, -0.15) is 5.10 Å². The van der Waals surface area contributed by atoms with Gasteiger partial charge in [0.05, 0.1) is 16.6 Å². The molecule has 1 fully saturated rings. The number of piperazine rings is 1. The Morgan fingerprint density at radius 3 is 2.47 bits per heavy atom. The number of fused-ring (bicyclic) bond motifs is 1. The molecule has 5 rings (SSSR count). The van der Waals surface area contributed by atoms with E-state index in [4.69, 9.17) is 0 Å².